The maximum absolute atomic E-state index is 14.1. The summed E-state index contributed by atoms with van der Waals surface area (Å²) in [6.45, 7) is 4.84. The summed E-state index contributed by atoms with van der Waals surface area (Å²) in [4.78, 5) is 0. The highest BCUT2D eigenvalue weighted by Gasteiger charge is 2.14. The van der Waals surface area contributed by atoms with E-state index in [4.69, 9.17) is 0 Å². The van der Waals surface area contributed by atoms with Crippen molar-refractivity contribution in [1.29, 1.82) is 0 Å². The fraction of sp³-hybridized carbons (Fsp3) is 0.368. The highest BCUT2D eigenvalue weighted by atomic mass is 19.1. The van der Waals surface area contributed by atoms with Gasteiger partial charge in [0.05, 0.1) is 0 Å². The van der Waals surface area contributed by atoms with Crippen LogP contribution >= 0.6 is 0 Å². The Morgan fingerprint density at radius 3 is 2.52 bits per heavy atom. The molecule has 2 aromatic rings. The van der Waals surface area contributed by atoms with Crippen molar-refractivity contribution in [1.82, 2.24) is 5.32 Å². The number of nitrogens with one attached hydrogen (secondary N) is 1. The summed E-state index contributed by atoms with van der Waals surface area (Å²) in [5.74, 6) is -0.0966. The first kappa shape index (κ1) is 15.7. The van der Waals surface area contributed by atoms with Crippen LogP contribution in [0.4, 0.5) is 4.39 Å². The van der Waals surface area contributed by atoms with E-state index in [1.165, 1.54) is 5.56 Å². The second-order valence-electron chi connectivity index (χ2n) is 5.51. The van der Waals surface area contributed by atoms with Crippen molar-refractivity contribution in [3.63, 3.8) is 0 Å². The quantitative estimate of drug-likeness (QED) is 0.770. The van der Waals surface area contributed by atoms with Crippen LogP contribution in [0.5, 0.6) is 0 Å². The molecule has 0 saturated carbocycles. The van der Waals surface area contributed by atoms with E-state index < -0.39 is 0 Å². The molecule has 0 spiro atoms. The third-order valence-corrected chi connectivity index (χ3v) is 3.78. The van der Waals surface area contributed by atoms with Crippen molar-refractivity contribution >= 4 is 0 Å². The van der Waals surface area contributed by atoms with Gasteiger partial charge >= 0.3 is 0 Å². The number of rotatable bonds is 7. The van der Waals surface area contributed by atoms with E-state index in [1.54, 1.807) is 6.07 Å². The largest absolute Gasteiger partial charge is 0.310 e. The number of hydrogen-bond donors (Lipinski definition) is 1. The molecule has 0 amide bonds. The molecular weight excluding hydrogens is 261 g/mol. The zero-order valence-corrected chi connectivity index (χ0v) is 12.9. The average molecular weight is 285 g/mol. The minimum atomic E-state index is -0.0966. The van der Waals surface area contributed by atoms with E-state index in [0.29, 0.717) is 0 Å². The van der Waals surface area contributed by atoms with E-state index in [2.05, 4.69) is 36.5 Å². The molecule has 2 aromatic carbocycles. The van der Waals surface area contributed by atoms with E-state index in [-0.39, 0.29) is 11.9 Å². The summed E-state index contributed by atoms with van der Waals surface area (Å²) in [5.41, 5.74) is 3.10. The lowest BCUT2D eigenvalue weighted by atomic mass is 9.97. The Hall–Kier alpha value is -1.67. The van der Waals surface area contributed by atoms with Crippen LogP contribution in [0.1, 0.15) is 42.5 Å². The molecular formula is C19H24FN. The van der Waals surface area contributed by atoms with Crippen molar-refractivity contribution in [3.05, 3.63) is 71.0 Å². The fourth-order valence-corrected chi connectivity index (χ4v) is 2.68. The maximum atomic E-state index is 14.1. The Morgan fingerprint density at radius 2 is 1.86 bits per heavy atom. The first-order valence-corrected chi connectivity index (χ1v) is 7.74. The Balaban J connectivity index is 1.98. The molecule has 1 atom stereocenters. The van der Waals surface area contributed by atoms with Crippen LogP contribution in [0.25, 0.3) is 0 Å². The van der Waals surface area contributed by atoms with Crippen LogP contribution < -0.4 is 5.32 Å². The third-order valence-electron chi connectivity index (χ3n) is 3.78. The van der Waals surface area contributed by atoms with E-state index in [0.717, 1.165) is 36.9 Å². The standard InChI is InChI=1S/C19H24FN/c1-3-21-19(17-13-12-15(2)14-18(17)20)11-7-10-16-8-5-4-6-9-16/h4-6,8-9,12-14,19,21H,3,7,10-11H2,1-2H3. The molecule has 0 aliphatic heterocycles. The summed E-state index contributed by atoms with van der Waals surface area (Å²) in [6, 6.07) is 16.1. The molecule has 0 heterocycles. The van der Waals surface area contributed by atoms with Gasteiger partial charge in [-0.05, 0) is 49.9 Å². The van der Waals surface area contributed by atoms with Gasteiger partial charge in [0.2, 0.25) is 0 Å². The summed E-state index contributed by atoms with van der Waals surface area (Å²) in [5, 5.41) is 3.41. The number of halogens is 1. The lowest BCUT2D eigenvalue weighted by Crippen LogP contribution is -2.22. The van der Waals surface area contributed by atoms with Crippen molar-refractivity contribution in [2.45, 2.75) is 39.2 Å². The van der Waals surface area contributed by atoms with Crippen molar-refractivity contribution in [3.8, 4) is 0 Å². The van der Waals surface area contributed by atoms with Gasteiger partial charge in [-0.2, -0.15) is 0 Å². The zero-order chi connectivity index (χ0) is 15.1. The molecule has 0 bridgehead atoms. The van der Waals surface area contributed by atoms with Crippen molar-refractivity contribution in [2.75, 3.05) is 6.54 Å². The number of aryl methyl sites for hydroxylation is 2. The Kier molecular flexibility index (Phi) is 5.94. The Morgan fingerprint density at radius 1 is 1.10 bits per heavy atom. The first-order valence-electron chi connectivity index (χ1n) is 7.74. The summed E-state index contributed by atoms with van der Waals surface area (Å²) >= 11 is 0. The zero-order valence-electron chi connectivity index (χ0n) is 12.9. The number of benzene rings is 2. The van der Waals surface area contributed by atoms with Gasteiger partial charge in [0.25, 0.3) is 0 Å². The molecule has 0 aliphatic carbocycles. The third kappa shape index (κ3) is 4.68. The summed E-state index contributed by atoms with van der Waals surface area (Å²) in [6.07, 6.45) is 3.04. The van der Waals surface area contributed by atoms with E-state index in [1.807, 2.05) is 25.1 Å². The topological polar surface area (TPSA) is 12.0 Å². The number of hydrogen-bond acceptors (Lipinski definition) is 1. The minimum Gasteiger partial charge on any atom is -0.310 e. The molecule has 1 N–H and O–H groups in total. The van der Waals surface area contributed by atoms with Gasteiger partial charge in [-0.15, -0.1) is 0 Å². The van der Waals surface area contributed by atoms with Gasteiger partial charge in [-0.3, -0.25) is 0 Å². The predicted octanol–water partition coefficient (Wildman–Crippen LogP) is 4.81. The van der Waals surface area contributed by atoms with Gasteiger partial charge in [-0.25, -0.2) is 4.39 Å². The van der Waals surface area contributed by atoms with Crippen LogP contribution in [-0.2, 0) is 6.42 Å². The Labute approximate surface area is 127 Å². The van der Waals surface area contributed by atoms with Crippen LogP contribution in [-0.4, -0.2) is 6.54 Å². The van der Waals surface area contributed by atoms with Crippen LogP contribution in [0.15, 0.2) is 48.5 Å². The molecule has 21 heavy (non-hydrogen) atoms. The first-order chi connectivity index (χ1) is 10.2. The van der Waals surface area contributed by atoms with Gasteiger partial charge in [0.1, 0.15) is 5.82 Å². The van der Waals surface area contributed by atoms with Crippen molar-refractivity contribution in [2.24, 2.45) is 0 Å². The van der Waals surface area contributed by atoms with Crippen LogP contribution in [0, 0.1) is 12.7 Å². The molecule has 1 unspecified atom stereocenters. The molecule has 0 saturated heterocycles. The fourth-order valence-electron chi connectivity index (χ4n) is 2.68. The molecule has 2 rings (SSSR count). The van der Waals surface area contributed by atoms with Gasteiger partial charge < -0.3 is 5.32 Å². The maximum Gasteiger partial charge on any atom is 0.128 e. The van der Waals surface area contributed by atoms with Crippen molar-refractivity contribution < 1.29 is 4.39 Å². The monoisotopic (exact) mass is 285 g/mol. The predicted molar refractivity (Wildman–Crippen MR) is 86.9 cm³/mol. The SMILES string of the molecule is CCNC(CCCc1ccccc1)c1ccc(C)cc1F. The molecule has 2 heteroatoms. The lowest BCUT2D eigenvalue weighted by molar-refractivity contribution is 0.472. The second kappa shape index (κ2) is 7.94. The van der Waals surface area contributed by atoms with Gasteiger partial charge in [0.15, 0.2) is 0 Å². The minimum absolute atomic E-state index is 0.0966. The van der Waals surface area contributed by atoms with E-state index in [9.17, 15) is 4.39 Å². The Bertz CT molecular complexity index is 551. The average Bonchev–Trinajstić information content (AvgIpc) is 2.48. The van der Waals surface area contributed by atoms with Crippen LogP contribution in [0.3, 0.4) is 0 Å². The highest BCUT2D eigenvalue weighted by Crippen LogP contribution is 2.23. The molecule has 0 radical (unpaired) electrons. The molecule has 0 aliphatic rings. The normalized spacial score (nSPS) is 12.3. The molecule has 1 nitrogen and oxygen atoms in total. The summed E-state index contributed by atoms with van der Waals surface area (Å²) in [7, 11) is 0. The lowest BCUT2D eigenvalue weighted by Gasteiger charge is -2.19. The second-order valence-corrected chi connectivity index (χ2v) is 5.51. The highest BCUT2D eigenvalue weighted by molar-refractivity contribution is 5.26. The van der Waals surface area contributed by atoms with Gasteiger partial charge in [0, 0.05) is 11.6 Å². The molecule has 0 aromatic heterocycles. The summed E-state index contributed by atoms with van der Waals surface area (Å²) < 4.78 is 14.1. The van der Waals surface area contributed by atoms with E-state index >= 15 is 0 Å². The molecule has 0 fully saturated rings. The van der Waals surface area contributed by atoms with Gasteiger partial charge in [-0.1, -0.05) is 49.4 Å². The molecule has 112 valence electrons. The van der Waals surface area contributed by atoms with Crippen LogP contribution in [0.2, 0.25) is 0 Å². The smallest absolute Gasteiger partial charge is 0.128 e.